The van der Waals surface area contributed by atoms with Crippen LogP contribution in [0.1, 0.15) is 72.1 Å². The Hall–Kier alpha value is -0.650. The summed E-state index contributed by atoms with van der Waals surface area (Å²) in [4.78, 5) is 12.8. The third-order valence-corrected chi connectivity index (χ3v) is 7.14. The van der Waals surface area contributed by atoms with Gasteiger partial charge < -0.3 is 18.9 Å². The van der Waals surface area contributed by atoms with Gasteiger partial charge in [0.15, 0.2) is 6.29 Å². The van der Waals surface area contributed by atoms with Crippen molar-refractivity contribution in [2.45, 2.75) is 89.8 Å². The summed E-state index contributed by atoms with van der Waals surface area (Å²) in [6, 6.07) is 0. The van der Waals surface area contributed by atoms with Crippen LogP contribution in [0.2, 0.25) is 0 Å². The molecule has 4 fully saturated rings. The quantitative estimate of drug-likeness (QED) is 0.706. The smallest absolute Gasteiger partial charge is 0.311 e. The Labute approximate surface area is 157 Å². The van der Waals surface area contributed by atoms with Gasteiger partial charge in [-0.15, -0.1) is 0 Å². The second kappa shape index (κ2) is 7.06. The van der Waals surface area contributed by atoms with Gasteiger partial charge in [-0.1, -0.05) is 27.2 Å². The van der Waals surface area contributed by atoms with Crippen LogP contribution in [-0.4, -0.2) is 36.9 Å². The fourth-order valence-corrected chi connectivity index (χ4v) is 5.96. The number of hydrogen-bond acceptors (Lipinski definition) is 5. The van der Waals surface area contributed by atoms with E-state index < -0.39 is 11.4 Å². The van der Waals surface area contributed by atoms with Crippen molar-refractivity contribution in [1.29, 1.82) is 0 Å². The maximum atomic E-state index is 12.8. The van der Waals surface area contributed by atoms with Gasteiger partial charge in [0.1, 0.15) is 0 Å². The Morgan fingerprint density at radius 1 is 1.15 bits per heavy atom. The van der Waals surface area contributed by atoms with Crippen LogP contribution in [0.4, 0.5) is 0 Å². The van der Waals surface area contributed by atoms with E-state index in [4.69, 9.17) is 18.9 Å². The van der Waals surface area contributed by atoms with E-state index in [1.165, 1.54) is 6.42 Å². The molecular weight excluding hydrogens is 332 g/mol. The monoisotopic (exact) mass is 366 g/mol. The zero-order valence-electron chi connectivity index (χ0n) is 16.5. The third-order valence-electron chi connectivity index (χ3n) is 7.14. The summed E-state index contributed by atoms with van der Waals surface area (Å²) in [6.45, 7) is 8.05. The van der Waals surface area contributed by atoms with Crippen molar-refractivity contribution in [2.75, 3.05) is 13.2 Å². The first-order valence-electron chi connectivity index (χ1n) is 10.6. The minimum atomic E-state index is -0.735. The lowest BCUT2D eigenvalue weighted by molar-refractivity contribution is -0.350. The fraction of sp³-hybridized carbons (Fsp3) is 0.952. The molecule has 2 saturated heterocycles. The molecule has 2 heterocycles. The van der Waals surface area contributed by atoms with Crippen molar-refractivity contribution >= 4 is 5.97 Å². The number of esters is 1. The number of carbonyl (C=O) groups is 1. The molecule has 2 spiro atoms. The van der Waals surface area contributed by atoms with E-state index in [0.717, 1.165) is 38.5 Å². The Kier molecular flexibility index (Phi) is 5.08. The van der Waals surface area contributed by atoms with Crippen LogP contribution in [0.3, 0.4) is 0 Å². The number of carbonyl (C=O) groups excluding carboxylic acids is 1. The minimum Gasteiger partial charge on any atom is -0.433 e. The predicted octanol–water partition coefficient (Wildman–Crippen LogP) is 4.04. The van der Waals surface area contributed by atoms with Crippen molar-refractivity contribution in [2.24, 2.45) is 23.7 Å². The number of rotatable bonds is 3. The molecule has 0 unspecified atom stereocenters. The first-order chi connectivity index (χ1) is 12.4. The molecule has 0 N–H and O–H groups in total. The van der Waals surface area contributed by atoms with E-state index in [9.17, 15) is 4.79 Å². The summed E-state index contributed by atoms with van der Waals surface area (Å²) < 4.78 is 24.4. The summed E-state index contributed by atoms with van der Waals surface area (Å²) >= 11 is 0. The lowest BCUT2D eigenvalue weighted by atomic mass is 9.71. The van der Waals surface area contributed by atoms with Gasteiger partial charge in [-0.25, -0.2) is 0 Å². The number of hydrogen-bond donors (Lipinski definition) is 0. The van der Waals surface area contributed by atoms with Gasteiger partial charge in [0, 0.05) is 18.8 Å². The molecule has 0 bridgehead atoms. The average Bonchev–Trinajstić information content (AvgIpc) is 3.17. The summed E-state index contributed by atoms with van der Waals surface area (Å²) in [5, 5.41) is 0. The van der Waals surface area contributed by atoms with Crippen LogP contribution >= 0.6 is 0 Å². The highest BCUT2D eigenvalue weighted by Gasteiger charge is 2.60. The summed E-state index contributed by atoms with van der Waals surface area (Å²) in [5.41, 5.74) is -0.394. The van der Waals surface area contributed by atoms with E-state index in [1.807, 2.05) is 0 Å². The van der Waals surface area contributed by atoms with Crippen LogP contribution < -0.4 is 0 Å². The number of ether oxygens (including phenoxy) is 4. The van der Waals surface area contributed by atoms with Crippen LogP contribution in [0, 0.1) is 23.7 Å². The second-order valence-corrected chi connectivity index (χ2v) is 9.36. The van der Waals surface area contributed by atoms with Crippen molar-refractivity contribution < 1.29 is 23.7 Å². The van der Waals surface area contributed by atoms with Gasteiger partial charge >= 0.3 is 5.97 Å². The van der Waals surface area contributed by atoms with Gasteiger partial charge in [-0.3, -0.25) is 4.79 Å². The van der Waals surface area contributed by atoms with Crippen LogP contribution in [0.25, 0.3) is 0 Å². The highest BCUT2D eigenvalue weighted by atomic mass is 16.7. The molecule has 2 aliphatic carbocycles. The molecule has 4 aliphatic rings. The molecule has 2 saturated carbocycles. The summed E-state index contributed by atoms with van der Waals surface area (Å²) in [6.07, 6.45) is 7.27. The van der Waals surface area contributed by atoms with Gasteiger partial charge in [-0.2, -0.15) is 0 Å². The normalized spacial score (nSPS) is 44.3. The molecule has 2 aliphatic heterocycles. The van der Waals surface area contributed by atoms with Crippen molar-refractivity contribution in [3.05, 3.63) is 0 Å². The van der Waals surface area contributed by atoms with Crippen molar-refractivity contribution in [3.8, 4) is 0 Å². The molecule has 5 heteroatoms. The van der Waals surface area contributed by atoms with E-state index in [0.29, 0.717) is 37.4 Å². The Balaban J connectivity index is 1.60. The highest BCUT2D eigenvalue weighted by molar-refractivity contribution is 5.72. The Bertz CT molecular complexity index is 528. The third kappa shape index (κ3) is 3.31. The molecule has 26 heavy (non-hydrogen) atoms. The largest absolute Gasteiger partial charge is 0.433 e. The van der Waals surface area contributed by atoms with Crippen molar-refractivity contribution in [1.82, 2.24) is 0 Å². The topological polar surface area (TPSA) is 54.0 Å². The first-order valence-corrected chi connectivity index (χ1v) is 10.6. The van der Waals surface area contributed by atoms with Crippen LogP contribution in [-0.2, 0) is 23.7 Å². The lowest BCUT2D eigenvalue weighted by Gasteiger charge is -2.54. The molecule has 0 aromatic heterocycles. The average molecular weight is 366 g/mol. The van der Waals surface area contributed by atoms with E-state index in [1.54, 1.807) is 0 Å². The minimum absolute atomic E-state index is 0.0730. The highest BCUT2D eigenvalue weighted by Crippen LogP contribution is 2.55. The summed E-state index contributed by atoms with van der Waals surface area (Å²) in [5.74, 6) is 0.735. The molecule has 5 nitrogen and oxygen atoms in total. The SMILES string of the molecule is CC(C)[C@@H]1CC[C@@H](C)C[C@]12OC(=O)C[C@@]1(CCC[C@@H]1CC1OCCO1)O2. The van der Waals surface area contributed by atoms with Gasteiger partial charge in [0.2, 0.25) is 5.79 Å². The van der Waals surface area contributed by atoms with E-state index >= 15 is 0 Å². The van der Waals surface area contributed by atoms with Gasteiger partial charge in [0.05, 0.1) is 25.2 Å². The first kappa shape index (κ1) is 18.7. The lowest BCUT2D eigenvalue weighted by Crippen LogP contribution is -2.61. The molecule has 0 amide bonds. The predicted molar refractivity (Wildman–Crippen MR) is 96.2 cm³/mol. The standard InChI is InChI=1S/C21H34O5/c1-14(2)17-7-6-15(3)12-21(17)25-18(22)13-20(26-21)8-4-5-16(20)11-19-23-9-10-24-19/h14-17,19H,4-13H2,1-3H3/t15-,16-,17+,20-,21-/m1/s1. The zero-order valence-corrected chi connectivity index (χ0v) is 16.5. The van der Waals surface area contributed by atoms with Crippen LogP contribution in [0.5, 0.6) is 0 Å². The Morgan fingerprint density at radius 2 is 1.92 bits per heavy atom. The van der Waals surface area contributed by atoms with E-state index in [-0.39, 0.29) is 18.2 Å². The zero-order chi connectivity index (χ0) is 18.4. The van der Waals surface area contributed by atoms with E-state index in [2.05, 4.69) is 20.8 Å². The molecule has 4 rings (SSSR count). The second-order valence-electron chi connectivity index (χ2n) is 9.36. The fourth-order valence-electron chi connectivity index (χ4n) is 5.96. The molecule has 0 radical (unpaired) electrons. The molecular formula is C21H34O5. The van der Waals surface area contributed by atoms with Crippen LogP contribution in [0.15, 0.2) is 0 Å². The molecule has 0 aromatic rings. The van der Waals surface area contributed by atoms with Crippen molar-refractivity contribution in [3.63, 3.8) is 0 Å². The summed E-state index contributed by atoms with van der Waals surface area (Å²) in [7, 11) is 0. The maximum Gasteiger partial charge on any atom is 0.311 e. The van der Waals surface area contributed by atoms with Gasteiger partial charge in [0.25, 0.3) is 0 Å². The Morgan fingerprint density at radius 3 is 2.65 bits per heavy atom. The molecule has 148 valence electrons. The maximum absolute atomic E-state index is 12.8. The molecule has 0 aromatic carbocycles. The molecule has 5 atom stereocenters. The van der Waals surface area contributed by atoms with Gasteiger partial charge in [-0.05, 0) is 43.4 Å².